The number of aromatic nitrogens is 1. The predicted octanol–water partition coefficient (Wildman–Crippen LogP) is 2.82. The summed E-state index contributed by atoms with van der Waals surface area (Å²) in [5, 5.41) is 2.78. The molecule has 7 heteroatoms. The summed E-state index contributed by atoms with van der Waals surface area (Å²) < 4.78 is 0. The summed E-state index contributed by atoms with van der Waals surface area (Å²) in [5.41, 5.74) is 0.841. The number of hydrogen-bond acceptors (Lipinski definition) is 4. The lowest BCUT2D eigenvalue weighted by molar-refractivity contribution is 0.0822. The van der Waals surface area contributed by atoms with Crippen molar-refractivity contribution in [2.45, 2.75) is 13.5 Å². The lowest BCUT2D eigenvalue weighted by Crippen LogP contribution is -2.30. The van der Waals surface area contributed by atoms with Gasteiger partial charge in [0.05, 0.1) is 6.54 Å². The Bertz CT molecular complexity index is 712. The van der Waals surface area contributed by atoms with Crippen LogP contribution in [0.25, 0.3) is 0 Å². The van der Waals surface area contributed by atoms with Gasteiger partial charge >= 0.3 is 6.03 Å². The summed E-state index contributed by atoms with van der Waals surface area (Å²) in [6.07, 6.45) is 1.51. The predicted molar refractivity (Wildman–Crippen MR) is 91.8 cm³/mol. The molecule has 6 nitrogen and oxygen atoms in total. The number of thiophene rings is 1. The largest absolute Gasteiger partial charge is 0.343 e. The maximum absolute atomic E-state index is 12.2. The summed E-state index contributed by atoms with van der Waals surface area (Å²) in [4.78, 5) is 33.6. The van der Waals surface area contributed by atoms with Gasteiger partial charge < -0.3 is 15.1 Å². The van der Waals surface area contributed by atoms with Crippen molar-refractivity contribution >= 4 is 29.0 Å². The number of pyridine rings is 1. The molecule has 0 saturated heterocycles. The molecule has 0 aliphatic heterocycles. The molecule has 2 rings (SSSR count). The first-order valence-electron chi connectivity index (χ1n) is 7.12. The van der Waals surface area contributed by atoms with E-state index < -0.39 is 0 Å². The first-order chi connectivity index (χ1) is 10.9. The number of anilines is 1. The van der Waals surface area contributed by atoms with Gasteiger partial charge in [0.15, 0.2) is 0 Å². The van der Waals surface area contributed by atoms with E-state index >= 15 is 0 Å². The van der Waals surface area contributed by atoms with E-state index in [-0.39, 0.29) is 11.9 Å². The molecule has 2 heterocycles. The highest BCUT2D eigenvalue weighted by atomic mass is 32.1. The van der Waals surface area contributed by atoms with Crippen molar-refractivity contribution in [3.63, 3.8) is 0 Å². The number of aryl methyl sites for hydroxylation is 1. The van der Waals surface area contributed by atoms with E-state index in [0.29, 0.717) is 17.9 Å². The summed E-state index contributed by atoms with van der Waals surface area (Å²) >= 11 is 1.67. The molecule has 0 bridgehead atoms. The van der Waals surface area contributed by atoms with Crippen LogP contribution in [-0.4, -0.2) is 47.9 Å². The Morgan fingerprint density at radius 2 is 1.96 bits per heavy atom. The van der Waals surface area contributed by atoms with E-state index in [1.807, 2.05) is 19.1 Å². The summed E-state index contributed by atoms with van der Waals surface area (Å²) in [5.74, 6) is -0.205. The van der Waals surface area contributed by atoms with Crippen molar-refractivity contribution in [2.75, 3.05) is 26.5 Å². The topological polar surface area (TPSA) is 65.5 Å². The monoisotopic (exact) mass is 332 g/mol. The number of amides is 3. The highest BCUT2D eigenvalue weighted by Crippen LogP contribution is 2.17. The fraction of sp³-hybridized carbons (Fsp3) is 0.312. The second kappa shape index (κ2) is 7.23. The van der Waals surface area contributed by atoms with Gasteiger partial charge in [0.1, 0.15) is 5.69 Å². The number of urea groups is 1. The fourth-order valence-electron chi connectivity index (χ4n) is 1.95. The van der Waals surface area contributed by atoms with Gasteiger partial charge in [-0.05, 0) is 31.2 Å². The number of rotatable bonds is 4. The third-order valence-corrected chi connectivity index (χ3v) is 4.16. The maximum atomic E-state index is 12.2. The summed E-state index contributed by atoms with van der Waals surface area (Å²) in [6, 6.07) is 7.06. The van der Waals surface area contributed by atoms with E-state index in [2.05, 4.69) is 10.3 Å². The minimum Gasteiger partial charge on any atom is -0.343 e. The number of hydrogen-bond donors (Lipinski definition) is 1. The van der Waals surface area contributed by atoms with Gasteiger partial charge in [-0.1, -0.05) is 0 Å². The average molecular weight is 332 g/mol. The molecule has 0 aliphatic rings. The number of nitrogens with one attached hydrogen (secondary N) is 1. The first kappa shape index (κ1) is 17.0. The molecule has 0 spiro atoms. The Kier molecular flexibility index (Phi) is 5.33. The van der Waals surface area contributed by atoms with E-state index in [1.54, 1.807) is 49.5 Å². The van der Waals surface area contributed by atoms with Crippen LogP contribution in [0, 0.1) is 6.92 Å². The lowest BCUT2D eigenvalue weighted by Gasteiger charge is -2.17. The Hall–Kier alpha value is -2.41. The highest BCUT2D eigenvalue weighted by Gasteiger charge is 2.13. The molecule has 0 aromatic carbocycles. The Labute approximate surface area is 139 Å². The van der Waals surface area contributed by atoms with Crippen LogP contribution in [0.3, 0.4) is 0 Å². The Morgan fingerprint density at radius 3 is 2.57 bits per heavy atom. The van der Waals surface area contributed by atoms with Crippen molar-refractivity contribution in [2.24, 2.45) is 0 Å². The van der Waals surface area contributed by atoms with Gasteiger partial charge in [0.2, 0.25) is 0 Å². The van der Waals surface area contributed by atoms with Gasteiger partial charge in [-0.15, -0.1) is 11.3 Å². The molecule has 0 radical (unpaired) electrons. The van der Waals surface area contributed by atoms with Crippen molar-refractivity contribution < 1.29 is 9.59 Å². The van der Waals surface area contributed by atoms with Crippen LogP contribution in [0.1, 0.15) is 20.2 Å². The van der Waals surface area contributed by atoms with Gasteiger partial charge in [-0.25, -0.2) is 4.79 Å². The summed E-state index contributed by atoms with van der Waals surface area (Å²) in [6.45, 7) is 2.58. The minimum absolute atomic E-state index is 0.205. The SMILES string of the molecule is Cc1ccc(CN(C)C(=O)Nc2ccnc(C(=O)N(C)C)c2)s1. The molecule has 0 fully saturated rings. The van der Waals surface area contributed by atoms with Gasteiger partial charge in [-0.3, -0.25) is 9.78 Å². The molecular weight excluding hydrogens is 312 g/mol. The molecule has 0 aliphatic carbocycles. The van der Waals surface area contributed by atoms with Crippen molar-refractivity contribution in [1.29, 1.82) is 0 Å². The minimum atomic E-state index is -0.231. The van der Waals surface area contributed by atoms with Crippen LogP contribution < -0.4 is 5.32 Å². The number of nitrogens with zero attached hydrogens (tertiary/aromatic N) is 3. The van der Waals surface area contributed by atoms with Crippen LogP contribution in [-0.2, 0) is 6.54 Å². The number of carbonyl (C=O) groups excluding carboxylic acids is 2. The molecule has 23 heavy (non-hydrogen) atoms. The molecule has 2 aromatic heterocycles. The molecule has 2 aromatic rings. The Morgan fingerprint density at radius 1 is 1.22 bits per heavy atom. The van der Waals surface area contributed by atoms with Crippen LogP contribution in [0.15, 0.2) is 30.5 Å². The molecule has 0 atom stereocenters. The van der Waals surface area contributed by atoms with Gasteiger partial charge in [0, 0.05) is 42.8 Å². The first-order valence-corrected chi connectivity index (χ1v) is 7.93. The third kappa shape index (κ3) is 4.53. The van der Waals surface area contributed by atoms with E-state index in [0.717, 1.165) is 4.88 Å². The van der Waals surface area contributed by atoms with Crippen LogP contribution >= 0.6 is 11.3 Å². The molecule has 3 amide bonds. The van der Waals surface area contributed by atoms with E-state index in [9.17, 15) is 9.59 Å². The zero-order valence-electron chi connectivity index (χ0n) is 13.7. The maximum Gasteiger partial charge on any atom is 0.321 e. The normalized spacial score (nSPS) is 10.3. The van der Waals surface area contributed by atoms with Gasteiger partial charge in [0.25, 0.3) is 5.91 Å². The standard InChI is InChI=1S/C16H20N4O2S/c1-11-5-6-13(23-11)10-20(4)16(22)18-12-7-8-17-14(9-12)15(21)19(2)3/h5-9H,10H2,1-4H3,(H,17,18,22). The van der Waals surface area contributed by atoms with Crippen molar-refractivity contribution in [3.05, 3.63) is 45.9 Å². The smallest absolute Gasteiger partial charge is 0.321 e. The molecule has 0 saturated carbocycles. The van der Waals surface area contributed by atoms with Crippen LogP contribution in [0.4, 0.5) is 10.5 Å². The molecular formula is C16H20N4O2S. The highest BCUT2D eigenvalue weighted by molar-refractivity contribution is 7.11. The second-order valence-corrected chi connectivity index (χ2v) is 6.80. The molecule has 0 unspecified atom stereocenters. The molecule has 1 N–H and O–H groups in total. The Balaban J connectivity index is 2.02. The lowest BCUT2D eigenvalue weighted by atomic mass is 10.3. The quantitative estimate of drug-likeness (QED) is 0.936. The fourth-order valence-corrected chi connectivity index (χ4v) is 2.89. The van der Waals surface area contributed by atoms with Crippen molar-refractivity contribution in [3.8, 4) is 0 Å². The zero-order valence-corrected chi connectivity index (χ0v) is 14.5. The number of carbonyl (C=O) groups is 2. The van der Waals surface area contributed by atoms with E-state index in [1.165, 1.54) is 16.0 Å². The average Bonchev–Trinajstić information content (AvgIpc) is 2.91. The van der Waals surface area contributed by atoms with Crippen LogP contribution in [0.2, 0.25) is 0 Å². The zero-order chi connectivity index (χ0) is 17.0. The van der Waals surface area contributed by atoms with E-state index in [4.69, 9.17) is 0 Å². The molecule has 122 valence electrons. The third-order valence-electron chi connectivity index (χ3n) is 3.17. The van der Waals surface area contributed by atoms with Crippen molar-refractivity contribution in [1.82, 2.24) is 14.8 Å². The second-order valence-electron chi connectivity index (χ2n) is 5.43. The summed E-state index contributed by atoms with van der Waals surface area (Å²) in [7, 11) is 5.05. The van der Waals surface area contributed by atoms with Crippen LogP contribution in [0.5, 0.6) is 0 Å². The van der Waals surface area contributed by atoms with Gasteiger partial charge in [-0.2, -0.15) is 0 Å².